The van der Waals surface area contributed by atoms with Gasteiger partial charge in [-0.15, -0.1) is 5.10 Å². The summed E-state index contributed by atoms with van der Waals surface area (Å²) in [4.78, 5) is 0.911. The van der Waals surface area contributed by atoms with E-state index in [1.54, 1.807) is 0 Å². The van der Waals surface area contributed by atoms with Crippen LogP contribution in [0.5, 0.6) is 5.75 Å². The van der Waals surface area contributed by atoms with Gasteiger partial charge in [-0.2, -0.15) is 0 Å². The van der Waals surface area contributed by atoms with E-state index in [4.69, 9.17) is 4.74 Å². The molecule has 2 rings (SSSR count). The number of para-hydroxylation sites is 1. The third-order valence-electron chi connectivity index (χ3n) is 1.76. The molecule has 0 N–H and O–H groups in total. The van der Waals surface area contributed by atoms with Crippen molar-refractivity contribution in [3.05, 3.63) is 30.5 Å². The van der Waals surface area contributed by atoms with Gasteiger partial charge in [0.25, 0.3) is 0 Å². The summed E-state index contributed by atoms with van der Waals surface area (Å²) in [5, 5.41) is 3.69. The van der Waals surface area contributed by atoms with E-state index >= 15 is 0 Å². The van der Waals surface area contributed by atoms with Crippen LogP contribution in [0.4, 0.5) is 0 Å². The van der Waals surface area contributed by atoms with E-state index in [2.05, 4.69) is 15.8 Å². The molecular weight excluding hydrogens is 196 g/mol. The second-order valence-corrected chi connectivity index (χ2v) is 3.40. The Hall–Kier alpha value is -1.42. The molecule has 1 heterocycles. The lowest BCUT2D eigenvalue weighted by atomic mass is 10.2. The number of hydrogen-bond donors (Lipinski definition) is 0. The molecule has 0 aliphatic carbocycles. The molecule has 0 aliphatic rings. The summed E-state index contributed by atoms with van der Waals surface area (Å²) in [5.74, 6) is 0.859. The zero-order chi connectivity index (χ0) is 9.80. The van der Waals surface area contributed by atoms with E-state index in [1.807, 2.05) is 31.2 Å². The lowest BCUT2D eigenvalue weighted by Gasteiger charge is -2.06. The summed E-state index contributed by atoms with van der Waals surface area (Å²) in [5.41, 5.74) is 1.00. The molecule has 0 bridgehead atoms. The molecule has 0 amide bonds. The highest BCUT2D eigenvalue weighted by molar-refractivity contribution is 7.09. The molecular formula is C10H9N2OS. The van der Waals surface area contributed by atoms with Crippen molar-refractivity contribution in [2.24, 2.45) is 0 Å². The topological polar surface area (TPSA) is 35.0 Å². The summed E-state index contributed by atoms with van der Waals surface area (Å²) >= 11 is 1.32. The van der Waals surface area contributed by atoms with Crippen LogP contribution in [0.25, 0.3) is 10.4 Å². The Kier molecular flexibility index (Phi) is 2.74. The molecule has 0 atom stereocenters. The van der Waals surface area contributed by atoms with Gasteiger partial charge in [0, 0.05) is 5.56 Å². The zero-order valence-electron chi connectivity index (χ0n) is 7.73. The van der Waals surface area contributed by atoms with Crippen LogP contribution in [0.2, 0.25) is 0 Å². The predicted octanol–water partition coefficient (Wildman–Crippen LogP) is 2.40. The van der Waals surface area contributed by atoms with Crippen LogP contribution in [-0.2, 0) is 0 Å². The summed E-state index contributed by atoms with van der Waals surface area (Å²) < 4.78 is 9.27. The highest BCUT2D eigenvalue weighted by Crippen LogP contribution is 2.30. The van der Waals surface area contributed by atoms with Gasteiger partial charge >= 0.3 is 0 Å². The minimum absolute atomic E-state index is 0.656. The number of ether oxygens (including phenoxy) is 1. The van der Waals surface area contributed by atoms with E-state index in [0.29, 0.717) is 6.61 Å². The lowest BCUT2D eigenvalue weighted by Crippen LogP contribution is -1.92. The molecule has 4 heteroatoms. The number of rotatable bonds is 3. The monoisotopic (exact) mass is 205 g/mol. The lowest BCUT2D eigenvalue weighted by molar-refractivity contribution is 0.341. The fourth-order valence-corrected chi connectivity index (χ4v) is 1.70. The minimum atomic E-state index is 0.656. The van der Waals surface area contributed by atoms with Crippen molar-refractivity contribution < 1.29 is 4.74 Å². The van der Waals surface area contributed by atoms with Crippen LogP contribution in [0, 0.1) is 6.20 Å². The number of benzene rings is 1. The van der Waals surface area contributed by atoms with Crippen molar-refractivity contribution in [3.8, 4) is 16.2 Å². The van der Waals surface area contributed by atoms with Gasteiger partial charge in [0.1, 0.15) is 11.9 Å². The van der Waals surface area contributed by atoms with E-state index in [-0.39, 0.29) is 0 Å². The zero-order valence-corrected chi connectivity index (χ0v) is 8.54. The Labute approximate surface area is 86.5 Å². The maximum absolute atomic E-state index is 5.49. The van der Waals surface area contributed by atoms with Gasteiger partial charge in [-0.25, -0.2) is 0 Å². The third-order valence-corrected chi connectivity index (χ3v) is 2.41. The molecule has 0 saturated carbocycles. The molecule has 14 heavy (non-hydrogen) atoms. The SMILES string of the molecule is CCOc1ccccc1-c1[c]nns1. The Balaban J connectivity index is 2.42. The van der Waals surface area contributed by atoms with E-state index in [9.17, 15) is 0 Å². The van der Waals surface area contributed by atoms with Crippen molar-refractivity contribution in [2.45, 2.75) is 6.92 Å². The van der Waals surface area contributed by atoms with Crippen LogP contribution >= 0.6 is 11.5 Å². The quantitative estimate of drug-likeness (QED) is 0.771. The third kappa shape index (κ3) is 1.75. The molecule has 0 fully saturated rings. The maximum Gasteiger partial charge on any atom is 0.135 e. The average Bonchev–Trinajstić information content (AvgIpc) is 2.72. The van der Waals surface area contributed by atoms with Crippen LogP contribution in [0.1, 0.15) is 6.92 Å². The number of nitrogens with zero attached hydrogens (tertiary/aromatic N) is 2. The first-order valence-electron chi connectivity index (χ1n) is 4.34. The van der Waals surface area contributed by atoms with Crippen LogP contribution < -0.4 is 4.74 Å². The Bertz CT molecular complexity index is 400. The molecule has 1 aromatic heterocycles. The van der Waals surface area contributed by atoms with E-state index < -0.39 is 0 Å². The van der Waals surface area contributed by atoms with E-state index in [0.717, 1.165) is 16.2 Å². The number of aromatic nitrogens is 2. The van der Waals surface area contributed by atoms with Crippen molar-refractivity contribution in [3.63, 3.8) is 0 Å². The summed E-state index contributed by atoms with van der Waals surface area (Å²) in [6.45, 7) is 2.62. The summed E-state index contributed by atoms with van der Waals surface area (Å²) in [6, 6.07) is 7.83. The molecule has 0 saturated heterocycles. The normalized spacial score (nSPS) is 10.1. The second-order valence-electron chi connectivity index (χ2n) is 2.64. The molecule has 2 aromatic rings. The fraction of sp³-hybridized carbons (Fsp3) is 0.200. The van der Waals surface area contributed by atoms with Gasteiger partial charge in [-0.1, -0.05) is 16.6 Å². The predicted molar refractivity (Wildman–Crippen MR) is 55.4 cm³/mol. The first kappa shape index (κ1) is 9.15. The van der Waals surface area contributed by atoms with Gasteiger partial charge in [0.15, 0.2) is 0 Å². The maximum atomic E-state index is 5.49. The standard InChI is InChI=1S/C10H9N2OS/c1-2-13-9-6-4-3-5-8(9)10-7-11-12-14-10/h3-6H,2H2,1H3. The first-order chi connectivity index (χ1) is 6.92. The summed E-state index contributed by atoms with van der Waals surface area (Å²) in [6.07, 6.45) is 2.83. The van der Waals surface area contributed by atoms with Crippen LogP contribution in [0.15, 0.2) is 24.3 Å². The van der Waals surface area contributed by atoms with Gasteiger partial charge < -0.3 is 4.74 Å². The molecule has 0 aliphatic heterocycles. The Morgan fingerprint density at radius 1 is 1.43 bits per heavy atom. The Morgan fingerprint density at radius 3 is 3.00 bits per heavy atom. The van der Waals surface area contributed by atoms with E-state index in [1.165, 1.54) is 11.5 Å². The van der Waals surface area contributed by atoms with Gasteiger partial charge in [-0.05, 0) is 30.6 Å². The van der Waals surface area contributed by atoms with Crippen LogP contribution in [0.3, 0.4) is 0 Å². The largest absolute Gasteiger partial charge is 0.493 e. The van der Waals surface area contributed by atoms with Gasteiger partial charge in [-0.3, -0.25) is 0 Å². The molecule has 0 unspecified atom stereocenters. The summed E-state index contributed by atoms with van der Waals surface area (Å²) in [7, 11) is 0. The average molecular weight is 205 g/mol. The van der Waals surface area contributed by atoms with Crippen LogP contribution in [-0.4, -0.2) is 16.2 Å². The van der Waals surface area contributed by atoms with Crippen molar-refractivity contribution in [1.82, 2.24) is 9.59 Å². The molecule has 3 nitrogen and oxygen atoms in total. The molecule has 0 spiro atoms. The highest BCUT2D eigenvalue weighted by Gasteiger charge is 2.07. The first-order valence-corrected chi connectivity index (χ1v) is 5.11. The minimum Gasteiger partial charge on any atom is -0.493 e. The second kappa shape index (κ2) is 4.19. The Morgan fingerprint density at radius 2 is 2.29 bits per heavy atom. The highest BCUT2D eigenvalue weighted by atomic mass is 32.1. The van der Waals surface area contributed by atoms with Crippen molar-refractivity contribution >= 4 is 11.5 Å². The van der Waals surface area contributed by atoms with Crippen molar-refractivity contribution in [2.75, 3.05) is 6.61 Å². The molecule has 1 aromatic carbocycles. The van der Waals surface area contributed by atoms with Gasteiger partial charge in [0.2, 0.25) is 0 Å². The fourth-order valence-electron chi connectivity index (χ4n) is 1.19. The molecule has 1 radical (unpaired) electrons. The molecule has 71 valence electrons. The number of hydrogen-bond acceptors (Lipinski definition) is 4. The van der Waals surface area contributed by atoms with Crippen molar-refractivity contribution in [1.29, 1.82) is 0 Å². The smallest absolute Gasteiger partial charge is 0.135 e. The van der Waals surface area contributed by atoms with Gasteiger partial charge in [0.05, 0.1) is 11.5 Å².